The van der Waals surface area contributed by atoms with Gasteiger partial charge in [0.25, 0.3) is 0 Å². The number of aryl methyl sites for hydroxylation is 2. The molecule has 21 heavy (non-hydrogen) atoms. The lowest BCUT2D eigenvalue weighted by Crippen LogP contribution is -2.02. The lowest BCUT2D eigenvalue weighted by Gasteiger charge is -2.08. The summed E-state index contributed by atoms with van der Waals surface area (Å²) in [7, 11) is 0. The maximum Gasteiger partial charge on any atom is 0.137 e. The molecule has 108 valence electrons. The second-order valence-corrected chi connectivity index (χ2v) is 5.72. The fraction of sp³-hybridized carbons (Fsp3) is 0.278. The van der Waals surface area contributed by atoms with Gasteiger partial charge in [0.2, 0.25) is 0 Å². The van der Waals surface area contributed by atoms with Crippen LogP contribution in [0.3, 0.4) is 0 Å². The van der Waals surface area contributed by atoms with E-state index in [1.807, 2.05) is 29.7 Å². The summed E-state index contributed by atoms with van der Waals surface area (Å²) >= 11 is 0. The largest absolute Gasteiger partial charge is 0.387 e. The summed E-state index contributed by atoms with van der Waals surface area (Å²) in [5, 5.41) is 10.1. The first-order valence-corrected chi connectivity index (χ1v) is 7.25. The zero-order valence-electron chi connectivity index (χ0n) is 12.7. The van der Waals surface area contributed by atoms with Crippen molar-refractivity contribution in [3.05, 3.63) is 70.7 Å². The number of benzene rings is 1. The molecular weight excluding hydrogens is 260 g/mol. The fourth-order valence-electron chi connectivity index (χ4n) is 2.69. The first-order chi connectivity index (χ1) is 10.0. The van der Waals surface area contributed by atoms with Crippen molar-refractivity contribution in [2.45, 2.75) is 33.3 Å². The number of aliphatic hydroxyl groups excluding tert-OH is 1. The number of aromatic nitrogens is 2. The first kappa shape index (κ1) is 13.8. The number of hydrogen-bond donors (Lipinski definition) is 1. The topological polar surface area (TPSA) is 37.5 Å². The summed E-state index contributed by atoms with van der Waals surface area (Å²) in [4.78, 5) is 4.70. The minimum Gasteiger partial charge on any atom is -0.387 e. The highest BCUT2D eigenvalue weighted by Gasteiger charge is 2.16. The lowest BCUT2D eigenvalue weighted by molar-refractivity contribution is 0.192. The molecular formula is C18H20N2O. The smallest absolute Gasteiger partial charge is 0.137 e. The molecule has 3 rings (SSSR count). The van der Waals surface area contributed by atoms with Gasteiger partial charge in [0.05, 0.1) is 17.5 Å². The molecule has 3 heteroatoms. The summed E-state index contributed by atoms with van der Waals surface area (Å²) in [5.74, 6) is 0. The summed E-state index contributed by atoms with van der Waals surface area (Å²) in [5.41, 5.74) is 6.33. The Labute approximate surface area is 124 Å². The van der Waals surface area contributed by atoms with Gasteiger partial charge < -0.3 is 9.51 Å². The van der Waals surface area contributed by atoms with Crippen LogP contribution in [0.4, 0.5) is 0 Å². The first-order valence-electron chi connectivity index (χ1n) is 7.25. The SMILES string of the molecule is Cc1ccc(Cc2nc3ccc(C)cn3c2C(C)O)cc1. The molecule has 1 unspecified atom stereocenters. The van der Waals surface area contributed by atoms with Crippen molar-refractivity contribution >= 4 is 5.65 Å². The Hall–Kier alpha value is -2.13. The molecule has 0 saturated carbocycles. The third-order valence-electron chi connectivity index (χ3n) is 3.77. The van der Waals surface area contributed by atoms with E-state index in [9.17, 15) is 5.11 Å². The van der Waals surface area contributed by atoms with E-state index in [0.717, 1.165) is 29.0 Å². The zero-order chi connectivity index (χ0) is 15.0. The minimum absolute atomic E-state index is 0.540. The van der Waals surface area contributed by atoms with Gasteiger partial charge in [-0.15, -0.1) is 0 Å². The monoisotopic (exact) mass is 280 g/mol. The number of fused-ring (bicyclic) bond motifs is 1. The quantitative estimate of drug-likeness (QED) is 0.796. The van der Waals surface area contributed by atoms with Gasteiger partial charge in [-0.2, -0.15) is 0 Å². The molecule has 0 aliphatic rings. The molecule has 2 heterocycles. The molecule has 0 spiro atoms. The number of pyridine rings is 1. The molecule has 3 aromatic rings. The second kappa shape index (κ2) is 5.34. The number of hydrogen-bond acceptors (Lipinski definition) is 2. The molecule has 1 aromatic carbocycles. The van der Waals surface area contributed by atoms with Crippen molar-refractivity contribution in [2.24, 2.45) is 0 Å². The summed E-state index contributed by atoms with van der Waals surface area (Å²) in [6.45, 7) is 5.92. The number of rotatable bonds is 3. The fourth-order valence-corrected chi connectivity index (χ4v) is 2.69. The van der Waals surface area contributed by atoms with Crippen LogP contribution in [-0.4, -0.2) is 14.5 Å². The van der Waals surface area contributed by atoms with Gasteiger partial charge in [-0.25, -0.2) is 4.98 Å². The number of aliphatic hydroxyl groups is 1. The van der Waals surface area contributed by atoms with Crippen molar-refractivity contribution < 1.29 is 5.11 Å². The van der Waals surface area contributed by atoms with Crippen LogP contribution < -0.4 is 0 Å². The van der Waals surface area contributed by atoms with E-state index in [0.29, 0.717) is 0 Å². The molecule has 1 N–H and O–H groups in total. The highest BCUT2D eigenvalue weighted by molar-refractivity contribution is 5.46. The molecule has 1 atom stereocenters. The lowest BCUT2D eigenvalue weighted by atomic mass is 10.1. The van der Waals surface area contributed by atoms with Gasteiger partial charge in [0, 0.05) is 12.6 Å². The van der Waals surface area contributed by atoms with Crippen LogP contribution in [-0.2, 0) is 6.42 Å². The summed E-state index contributed by atoms with van der Waals surface area (Å²) in [6, 6.07) is 12.5. The van der Waals surface area contributed by atoms with Gasteiger partial charge in [0.1, 0.15) is 5.65 Å². The standard InChI is InChI=1S/C18H20N2O/c1-12-4-7-15(8-5-12)10-16-18(14(3)21)20-11-13(2)6-9-17(20)19-16/h4-9,11,14,21H,10H2,1-3H3. The average molecular weight is 280 g/mol. The average Bonchev–Trinajstić information content (AvgIpc) is 2.78. The van der Waals surface area contributed by atoms with Crippen LogP contribution in [0.15, 0.2) is 42.6 Å². The number of imidazole rings is 1. The van der Waals surface area contributed by atoms with Crippen molar-refractivity contribution in [1.82, 2.24) is 9.38 Å². The van der Waals surface area contributed by atoms with Gasteiger partial charge in [-0.05, 0) is 38.0 Å². The predicted octanol–water partition coefficient (Wildman–Crippen LogP) is 3.60. The molecule has 0 saturated heterocycles. The van der Waals surface area contributed by atoms with Crippen molar-refractivity contribution in [2.75, 3.05) is 0 Å². The van der Waals surface area contributed by atoms with E-state index >= 15 is 0 Å². The molecule has 3 nitrogen and oxygen atoms in total. The summed E-state index contributed by atoms with van der Waals surface area (Å²) < 4.78 is 2.00. The Kier molecular flexibility index (Phi) is 3.52. The van der Waals surface area contributed by atoms with Crippen molar-refractivity contribution in [1.29, 1.82) is 0 Å². The molecule has 0 fully saturated rings. The highest BCUT2D eigenvalue weighted by atomic mass is 16.3. The maximum absolute atomic E-state index is 10.1. The van der Waals surface area contributed by atoms with E-state index in [-0.39, 0.29) is 0 Å². The molecule has 0 aliphatic carbocycles. The van der Waals surface area contributed by atoms with Gasteiger partial charge >= 0.3 is 0 Å². The zero-order valence-corrected chi connectivity index (χ0v) is 12.7. The molecule has 0 amide bonds. The van der Waals surface area contributed by atoms with Crippen molar-refractivity contribution in [3.8, 4) is 0 Å². The molecule has 0 radical (unpaired) electrons. The van der Waals surface area contributed by atoms with Crippen LogP contribution in [0.5, 0.6) is 0 Å². The van der Waals surface area contributed by atoms with Crippen LogP contribution in [0.25, 0.3) is 5.65 Å². The molecule has 2 aromatic heterocycles. The predicted molar refractivity (Wildman–Crippen MR) is 84.5 cm³/mol. The Balaban J connectivity index is 2.08. The molecule has 0 aliphatic heterocycles. The minimum atomic E-state index is -0.540. The van der Waals surface area contributed by atoms with E-state index in [1.165, 1.54) is 11.1 Å². The maximum atomic E-state index is 10.1. The second-order valence-electron chi connectivity index (χ2n) is 5.72. The van der Waals surface area contributed by atoms with Gasteiger partial charge in [-0.3, -0.25) is 0 Å². The number of nitrogens with zero attached hydrogens (tertiary/aromatic N) is 2. The third kappa shape index (κ3) is 2.69. The van der Waals surface area contributed by atoms with E-state index in [1.54, 1.807) is 6.92 Å². The van der Waals surface area contributed by atoms with Crippen LogP contribution in [0, 0.1) is 13.8 Å². The van der Waals surface area contributed by atoms with Crippen LogP contribution in [0.2, 0.25) is 0 Å². The van der Waals surface area contributed by atoms with Gasteiger partial charge in [-0.1, -0.05) is 35.9 Å². The third-order valence-corrected chi connectivity index (χ3v) is 3.77. The van der Waals surface area contributed by atoms with Crippen LogP contribution >= 0.6 is 0 Å². The van der Waals surface area contributed by atoms with Gasteiger partial charge in [0.15, 0.2) is 0 Å². The Morgan fingerprint density at radius 3 is 2.38 bits per heavy atom. The van der Waals surface area contributed by atoms with E-state index in [4.69, 9.17) is 4.98 Å². The van der Waals surface area contributed by atoms with E-state index in [2.05, 4.69) is 31.2 Å². The molecule has 0 bridgehead atoms. The highest BCUT2D eigenvalue weighted by Crippen LogP contribution is 2.23. The van der Waals surface area contributed by atoms with Crippen molar-refractivity contribution in [3.63, 3.8) is 0 Å². The normalized spacial score (nSPS) is 12.8. The Bertz CT molecular complexity index is 770. The Morgan fingerprint density at radius 2 is 1.71 bits per heavy atom. The van der Waals surface area contributed by atoms with Crippen LogP contribution in [0.1, 0.15) is 41.1 Å². The van der Waals surface area contributed by atoms with E-state index < -0.39 is 6.10 Å². The summed E-state index contributed by atoms with van der Waals surface area (Å²) in [6.07, 6.45) is 2.23. The Morgan fingerprint density at radius 1 is 1.05 bits per heavy atom.